The van der Waals surface area contributed by atoms with Gasteiger partial charge in [0.25, 0.3) is 0 Å². The molecular formula is C44H87O8P. The number of unbranched alkanes of at least 4 members (excludes halogenated alkanes) is 31. The molecule has 0 aliphatic rings. The molecule has 0 spiro atoms. The fourth-order valence-electron chi connectivity index (χ4n) is 6.81. The molecule has 2 unspecified atom stereocenters. The zero-order valence-electron chi connectivity index (χ0n) is 35.2. The van der Waals surface area contributed by atoms with Gasteiger partial charge in [-0.1, -0.05) is 213 Å². The molecule has 1 N–H and O–H groups in total. The molecule has 0 rings (SSSR count). The highest BCUT2D eigenvalue weighted by atomic mass is 31.2. The van der Waals surface area contributed by atoms with Gasteiger partial charge in [-0.05, 0) is 19.8 Å². The average Bonchev–Trinajstić information content (AvgIpc) is 3.13. The topological polar surface area (TPSA) is 108 Å². The number of phosphoric acid groups is 1. The van der Waals surface area contributed by atoms with Gasteiger partial charge < -0.3 is 14.4 Å². The normalized spacial score (nSPS) is 13.2. The first-order valence-electron chi connectivity index (χ1n) is 22.8. The third-order valence-electron chi connectivity index (χ3n) is 10.2. The molecule has 53 heavy (non-hydrogen) atoms. The van der Waals surface area contributed by atoms with Gasteiger partial charge >= 0.3 is 19.8 Å². The third kappa shape index (κ3) is 40.5. The van der Waals surface area contributed by atoms with Crippen LogP contribution >= 0.6 is 7.82 Å². The maximum Gasteiger partial charge on any atom is 0.472 e. The summed E-state index contributed by atoms with van der Waals surface area (Å²) >= 11 is 0. The molecule has 0 amide bonds. The molecule has 0 aromatic heterocycles. The highest BCUT2D eigenvalue weighted by molar-refractivity contribution is 7.47. The summed E-state index contributed by atoms with van der Waals surface area (Å²) in [6.07, 6.45) is 41.6. The molecule has 0 saturated heterocycles. The van der Waals surface area contributed by atoms with Crippen molar-refractivity contribution in [3.05, 3.63) is 0 Å². The Bertz CT molecular complexity index is 838. The minimum Gasteiger partial charge on any atom is -0.462 e. The number of hydrogen-bond acceptors (Lipinski definition) is 7. The number of ether oxygens (including phenoxy) is 2. The van der Waals surface area contributed by atoms with Crippen LogP contribution in [0.15, 0.2) is 0 Å². The van der Waals surface area contributed by atoms with E-state index in [1.54, 1.807) is 6.92 Å². The first kappa shape index (κ1) is 52.0. The Balaban J connectivity index is 3.97. The predicted molar refractivity (Wildman–Crippen MR) is 221 cm³/mol. The molecule has 9 heteroatoms. The lowest BCUT2D eigenvalue weighted by Gasteiger charge is -2.19. The maximum absolute atomic E-state index is 12.6. The van der Waals surface area contributed by atoms with Crippen LogP contribution in [0.3, 0.4) is 0 Å². The van der Waals surface area contributed by atoms with E-state index in [0.717, 1.165) is 38.5 Å². The van der Waals surface area contributed by atoms with Crippen LogP contribution in [-0.2, 0) is 32.7 Å². The van der Waals surface area contributed by atoms with Crippen molar-refractivity contribution in [2.45, 2.75) is 252 Å². The minimum absolute atomic E-state index is 0.00574. The summed E-state index contributed by atoms with van der Waals surface area (Å²) < 4.78 is 32.7. The maximum atomic E-state index is 12.6. The standard InChI is InChI=1S/C44H87O8P/c1-4-7-9-11-13-15-17-19-20-21-22-23-24-25-27-29-31-33-35-37-39-44(46)52-42(41-51-53(47,48)50-6-3)40-49-43(45)38-36-34-32-30-28-26-18-16-14-12-10-8-5-2/h42H,4-41H2,1-3H3,(H,47,48). The second-order valence-electron chi connectivity index (χ2n) is 15.4. The number of hydrogen-bond donors (Lipinski definition) is 1. The molecule has 0 heterocycles. The molecule has 0 bridgehead atoms. The smallest absolute Gasteiger partial charge is 0.462 e. The van der Waals surface area contributed by atoms with Crippen LogP contribution in [-0.4, -0.2) is 42.8 Å². The van der Waals surface area contributed by atoms with E-state index in [1.807, 2.05) is 0 Å². The van der Waals surface area contributed by atoms with Crippen molar-refractivity contribution in [1.29, 1.82) is 0 Å². The number of phosphoric ester groups is 1. The van der Waals surface area contributed by atoms with Gasteiger partial charge in [0.15, 0.2) is 6.10 Å². The van der Waals surface area contributed by atoms with E-state index in [2.05, 4.69) is 13.8 Å². The Labute approximate surface area is 328 Å². The first-order valence-corrected chi connectivity index (χ1v) is 24.3. The van der Waals surface area contributed by atoms with Crippen LogP contribution in [0.5, 0.6) is 0 Å². The lowest BCUT2D eigenvalue weighted by molar-refractivity contribution is -0.161. The van der Waals surface area contributed by atoms with Crippen LogP contribution in [0, 0.1) is 0 Å². The summed E-state index contributed by atoms with van der Waals surface area (Å²) in [6.45, 7) is 5.52. The largest absolute Gasteiger partial charge is 0.472 e. The molecule has 0 aromatic rings. The van der Waals surface area contributed by atoms with Gasteiger partial charge in [-0.3, -0.25) is 18.6 Å². The van der Waals surface area contributed by atoms with Crippen molar-refractivity contribution < 1.29 is 37.6 Å². The predicted octanol–water partition coefficient (Wildman–Crippen LogP) is 14.3. The fourth-order valence-corrected chi connectivity index (χ4v) is 7.56. The second kappa shape index (κ2) is 40.7. The lowest BCUT2D eigenvalue weighted by atomic mass is 10.0. The van der Waals surface area contributed by atoms with Crippen LogP contribution < -0.4 is 0 Å². The van der Waals surface area contributed by atoms with Crippen LogP contribution in [0.1, 0.15) is 245 Å². The summed E-state index contributed by atoms with van der Waals surface area (Å²) in [6, 6.07) is 0. The summed E-state index contributed by atoms with van der Waals surface area (Å²) in [5.41, 5.74) is 0. The molecule has 8 nitrogen and oxygen atoms in total. The van der Waals surface area contributed by atoms with E-state index in [-0.39, 0.29) is 32.2 Å². The Kier molecular flexibility index (Phi) is 40.0. The van der Waals surface area contributed by atoms with Crippen molar-refractivity contribution in [1.82, 2.24) is 0 Å². The molecule has 2 atom stereocenters. The van der Waals surface area contributed by atoms with Gasteiger partial charge in [0.05, 0.1) is 13.2 Å². The van der Waals surface area contributed by atoms with Gasteiger partial charge in [0.1, 0.15) is 6.61 Å². The van der Waals surface area contributed by atoms with E-state index in [9.17, 15) is 19.0 Å². The van der Waals surface area contributed by atoms with Gasteiger partial charge in [-0.2, -0.15) is 0 Å². The number of esters is 2. The third-order valence-corrected chi connectivity index (χ3v) is 11.2. The number of carbonyl (C=O) groups excluding carboxylic acids is 2. The van der Waals surface area contributed by atoms with Crippen LogP contribution in [0.2, 0.25) is 0 Å². The Morgan fingerprint density at radius 2 is 0.736 bits per heavy atom. The van der Waals surface area contributed by atoms with Crippen LogP contribution in [0.25, 0.3) is 0 Å². The second-order valence-corrected chi connectivity index (χ2v) is 16.9. The zero-order valence-corrected chi connectivity index (χ0v) is 36.1. The lowest BCUT2D eigenvalue weighted by Crippen LogP contribution is -2.29. The Hall–Kier alpha value is -0.950. The van der Waals surface area contributed by atoms with Crippen molar-refractivity contribution in [2.75, 3.05) is 19.8 Å². The number of rotatable bonds is 43. The quantitative estimate of drug-likeness (QED) is 0.0370. The minimum atomic E-state index is -4.27. The zero-order chi connectivity index (χ0) is 38.9. The Morgan fingerprint density at radius 1 is 0.434 bits per heavy atom. The summed E-state index contributed by atoms with van der Waals surface area (Å²) in [7, 11) is -4.27. The number of carbonyl (C=O) groups is 2. The van der Waals surface area contributed by atoms with E-state index in [1.165, 1.54) is 173 Å². The summed E-state index contributed by atoms with van der Waals surface area (Å²) in [5.74, 6) is -0.780. The fraction of sp³-hybridized carbons (Fsp3) is 0.955. The van der Waals surface area contributed by atoms with Gasteiger partial charge in [-0.25, -0.2) is 4.57 Å². The molecule has 0 saturated carbocycles. The average molecular weight is 775 g/mol. The van der Waals surface area contributed by atoms with Crippen LogP contribution in [0.4, 0.5) is 0 Å². The van der Waals surface area contributed by atoms with Gasteiger partial charge in [-0.15, -0.1) is 0 Å². The van der Waals surface area contributed by atoms with Crippen molar-refractivity contribution in [3.8, 4) is 0 Å². The highest BCUT2D eigenvalue weighted by Gasteiger charge is 2.25. The monoisotopic (exact) mass is 775 g/mol. The van der Waals surface area contributed by atoms with Crippen molar-refractivity contribution in [2.24, 2.45) is 0 Å². The van der Waals surface area contributed by atoms with E-state index >= 15 is 0 Å². The molecule has 316 valence electrons. The highest BCUT2D eigenvalue weighted by Crippen LogP contribution is 2.43. The summed E-state index contributed by atoms with van der Waals surface area (Å²) in [5, 5.41) is 0. The molecule has 0 radical (unpaired) electrons. The van der Waals surface area contributed by atoms with Gasteiger partial charge in [0.2, 0.25) is 0 Å². The van der Waals surface area contributed by atoms with Gasteiger partial charge in [0, 0.05) is 12.8 Å². The van der Waals surface area contributed by atoms with E-state index in [4.69, 9.17) is 18.5 Å². The van der Waals surface area contributed by atoms with Crippen molar-refractivity contribution in [3.63, 3.8) is 0 Å². The van der Waals surface area contributed by atoms with E-state index in [0.29, 0.717) is 6.42 Å². The Morgan fingerprint density at radius 3 is 1.06 bits per heavy atom. The molecule has 0 aliphatic heterocycles. The first-order chi connectivity index (χ1) is 25.8. The molecular weight excluding hydrogens is 687 g/mol. The summed E-state index contributed by atoms with van der Waals surface area (Å²) in [4.78, 5) is 34.7. The molecule has 0 aromatic carbocycles. The molecule has 0 aliphatic carbocycles. The van der Waals surface area contributed by atoms with E-state index < -0.39 is 19.9 Å². The SMILES string of the molecule is CCCCCCCCCCCCCCCCCCCCCCC(=O)OC(COC(=O)CCCCCCCCCCCCCCC)COP(=O)(O)OCC. The molecule has 0 fully saturated rings. The van der Waals surface area contributed by atoms with Crippen molar-refractivity contribution >= 4 is 19.8 Å².